The number of likely N-dealkylation sites (N-methyl/N-ethyl adjacent to an activating group) is 1. The molecule has 0 amide bonds. The number of nitrogens with zero attached hydrogens (tertiary/aromatic N) is 1. The summed E-state index contributed by atoms with van der Waals surface area (Å²) in [6.07, 6.45) is 6.75. The molecule has 1 rings (SSSR count). The summed E-state index contributed by atoms with van der Waals surface area (Å²) in [5.74, 6) is -0.295. The summed E-state index contributed by atoms with van der Waals surface area (Å²) in [6, 6.07) is 5.02. The van der Waals surface area contributed by atoms with Crippen LogP contribution < -0.4 is 4.90 Å². The monoisotopic (exact) mass is 301 g/mol. The molecule has 0 aliphatic rings. The minimum atomic E-state index is -0.253. The second kappa shape index (κ2) is 8.85. The van der Waals surface area contributed by atoms with Crippen molar-refractivity contribution in [2.24, 2.45) is 0 Å². The normalized spacial score (nSPS) is 11.7. The predicted molar refractivity (Wildman–Crippen MR) is 90.7 cm³/mol. The van der Waals surface area contributed by atoms with Gasteiger partial charge in [-0.15, -0.1) is 0 Å². The van der Waals surface area contributed by atoms with Crippen LogP contribution in [0.3, 0.4) is 0 Å². The largest absolute Gasteiger partial charge is 0.507 e. The van der Waals surface area contributed by atoms with E-state index in [1.165, 1.54) is 6.08 Å². The number of ether oxygens (including phenoxy) is 1. The van der Waals surface area contributed by atoms with E-state index in [4.69, 9.17) is 4.74 Å². The summed E-state index contributed by atoms with van der Waals surface area (Å²) >= 11 is 0. The smallest absolute Gasteiger partial charge is 0.196 e. The number of hydrogen-bond acceptors (Lipinski definition) is 4. The number of Topliss-reactive ketones (excluding diaryl/α,β-unsaturated/α-hetero) is 1. The van der Waals surface area contributed by atoms with Gasteiger partial charge >= 0.3 is 0 Å². The van der Waals surface area contributed by atoms with Crippen molar-refractivity contribution in [2.45, 2.75) is 6.92 Å². The van der Waals surface area contributed by atoms with Crippen LogP contribution in [0.2, 0.25) is 0 Å². The standard InChI is InChI=1S/C18H23NO3/c1-5-7-8-14(6-2)18(21)16-10-9-15(13-17(16)20)19(3)11-12-22-4/h5-10,13,20H,2,11-12H2,1,3-4H3/b7-5-,14-8+. The van der Waals surface area contributed by atoms with Gasteiger partial charge in [-0.25, -0.2) is 0 Å². The molecule has 0 aliphatic carbocycles. The van der Waals surface area contributed by atoms with Gasteiger partial charge in [0.1, 0.15) is 5.75 Å². The molecular formula is C18H23NO3. The molecule has 0 radical (unpaired) electrons. The Kier molecular flexibility index (Phi) is 7.13. The number of ketones is 1. The molecule has 118 valence electrons. The van der Waals surface area contributed by atoms with Gasteiger partial charge in [0.2, 0.25) is 0 Å². The molecule has 4 heteroatoms. The highest BCUT2D eigenvalue weighted by Crippen LogP contribution is 2.26. The summed E-state index contributed by atoms with van der Waals surface area (Å²) < 4.78 is 5.03. The van der Waals surface area contributed by atoms with Crippen molar-refractivity contribution in [3.05, 3.63) is 60.2 Å². The summed E-state index contributed by atoms with van der Waals surface area (Å²) in [7, 11) is 3.54. The fraction of sp³-hybridized carbons (Fsp3) is 0.278. The lowest BCUT2D eigenvalue weighted by Gasteiger charge is -2.19. The first-order valence-corrected chi connectivity index (χ1v) is 7.08. The Bertz CT molecular complexity index is 588. The number of phenolic OH excluding ortho intramolecular Hbond substituents is 1. The highest BCUT2D eigenvalue weighted by molar-refractivity contribution is 6.12. The SMILES string of the molecule is C=C/C(=C\C=C/C)C(=O)c1ccc(N(C)CCOC)cc1O. The van der Waals surface area contributed by atoms with Gasteiger partial charge in [0.05, 0.1) is 12.2 Å². The van der Waals surface area contributed by atoms with Gasteiger partial charge in [-0.1, -0.05) is 30.9 Å². The summed E-state index contributed by atoms with van der Waals surface area (Å²) in [4.78, 5) is 14.3. The maximum atomic E-state index is 12.4. The van der Waals surface area contributed by atoms with Crippen molar-refractivity contribution in [3.8, 4) is 5.75 Å². The molecule has 0 saturated carbocycles. The lowest BCUT2D eigenvalue weighted by Crippen LogP contribution is -2.22. The number of carbonyl (C=O) groups is 1. The zero-order valence-corrected chi connectivity index (χ0v) is 13.4. The zero-order chi connectivity index (χ0) is 16.5. The lowest BCUT2D eigenvalue weighted by atomic mass is 10.0. The molecule has 0 atom stereocenters. The van der Waals surface area contributed by atoms with Crippen LogP contribution in [0, 0.1) is 0 Å². The van der Waals surface area contributed by atoms with E-state index in [0.29, 0.717) is 18.7 Å². The van der Waals surface area contributed by atoms with Crippen molar-refractivity contribution in [2.75, 3.05) is 32.2 Å². The van der Waals surface area contributed by atoms with Crippen LogP contribution in [0.1, 0.15) is 17.3 Å². The summed E-state index contributed by atoms with van der Waals surface area (Å²) in [5.41, 5.74) is 1.53. The van der Waals surface area contributed by atoms with Crippen LogP contribution in [0.5, 0.6) is 5.75 Å². The molecule has 22 heavy (non-hydrogen) atoms. The number of carbonyl (C=O) groups excluding carboxylic acids is 1. The van der Waals surface area contributed by atoms with E-state index in [-0.39, 0.29) is 17.1 Å². The molecule has 0 heterocycles. The number of rotatable bonds is 8. The Labute approximate surface area is 132 Å². The first-order valence-electron chi connectivity index (χ1n) is 7.08. The highest BCUT2D eigenvalue weighted by atomic mass is 16.5. The van der Waals surface area contributed by atoms with Gasteiger partial charge in [0, 0.05) is 38.0 Å². The van der Waals surface area contributed by atoms with E-state index in [9.17, 15) is 9.90 Å². The number of methoxy groups -OCH3 is 1. The van der Waals surface area contributed by atoms with E-state index in [2.05, 4.69) is 6.58 Å². The van der Waals surface area contributed by atoms with Crippen LogP contribution in [0.25, 0.3) is 0 Å². The molecule has 0 aromatic heterocycles. The van der Waals surface area contributed by atoms with E-state index < -0.39 is 0 Å². The first-order chi connectivity index (χ1) is 10.5. The second-order valence-corrected chi connectivity index (χ2v) is 4.80. The Balaban J connectivity index is 3.02. The predicted octanol–water partition coefficient (Wildman–Crippen LogP) is 3.35. The van der Waals surface area contributed by atoms with Gasteiger partial charge in [-0.05, 0) is 19.1 Å². The Morgan fingerprint density at radius 2 is 2.18 bits per heavy atom. The Hall–Kier alpha value is -2.33. The first kappa shape index (κ1) is 17.7. The summed E-state index contributed by atoms with van der Waals surface area (Å²) in [5, 5.41) is 10.1. The number of aromatic hydroxyl groups is 1. The third-order valence-corrected chi connectivity index (χ3v) is 3.25. The highest BCUT2D eigenvalue weighted by Gasteiger charge is 2.15. The molecule has 0 aliphatic heterocycles. The molecular weight excluding hydrogens is 278 g/mol. The van der Waals surface area contributed by atoms with Gasteiger partial charge in [-0.2, -0.15) is 0 Å². The van der Waals surface area contributed by atoms with Crippen LogP contribution in [0.4, 0.5) is 5.69 Å². The van der Waals surface area contributed by atoms with Crippen molar-refractivity contribution >= 4 is 11.5 Å². The fourth-order valence-corrected chi connectivity index (χ4v) is 1.90. The lowest BCUT2D eigenvalue weighted by molar-refractivity contribution is 0.103. The average Bonchev–Trinajstić information content (AvgIpc) is 2.52. The molecule has 0 saturated heterocycles. The van der Waals surface area contributed by atoms with Crippen LogP contribution in [0.15, 0.2) is 54.7 Å². The minimum absolute atomic E-state index is 0.0417. The molecule has 1 aromatic carbocycles. The van der Waals surface area contributed by atoms with Gasteiger partial charge < -0.3 is 14.7 Å². The quantitative estimate of drug-likeness (QED) is 0.454. The number of phenols is 1. The zero-order valence-electron chi connectivity index (χ0n) is 13.4. The van der Waals surface area contributed by atoms with E-state index >= 15 is 0 Å². The van der Waals surface area contributed by atoms with Crippen LogP contribution in [-0.4, -0.2) is 38.2 Å². The molecule has 4 nitrogen and oxygen atoms in total. The van der Waals surface area contributed by atoms with Gasteiger partial charge in [0.25, 0.3) is 0 Å². The van der Waals surface area contributed by atoms with Crippen molar-refractivity contribution in [1.29, 1.82) is 0 Å². The average molecular weight is 301 g/mol. The number of benzene rings is 1. The van der Waals surface area contributed by atoms with E-state index in [1.807, 2.05) is 24.9 Å². The molecule has 1 aromatic rings. The van der Waals surface area contributed by atoms with Crippen LogP contribution in [-0.2, 0) is 4.74 Å². The third kappa shape index (κ3) is 4.60. The topological polar surface area (TPSA) is 49.8 Å². The number of anilines is 1. The minimum Gasteiger partial charge on any atom is -0.507 e. The summed E-state index contributed by atoms with van der Waals surface area (Å²) in [6.45, 7) is 6.79. The second-order valence-electron chi connectivity index (χ2n) is 4.80. The maximum Gasteiger partial charge on any atom is 0.196 e. The number of allylic oxidation sites excluding steroid dienone is 5. The molecule has 1 N–H and O–H groups in total. The van der Waals surface area contributed by atoms with Crippen molar-refractivity contribution < 1.29 is 14.6 Å². The molecule has 0 fully saturated rings. The van der Waals surface area contributed by atoms with Crippen molar-refractivity contribution in [1.82, 2.24) is 0 Å². The van der Waals surface area contributed by atoms with Crippen molar-refractivity contribution in [3.63, 3.8) is 0 Å². The third-order valence-electron chi connectivity index (χ3n) is 3.25. The fourth-order valence-electron chi connectivity index (χ4n) is 1.90. The van der Waals surface area contributed by atoms with Crippen LogP contribution >= 0.6 is 0 Å². The molecule has 0 bridgehead atoms. The Morgan fingerprint density at radius 3 is 2.73 bits per heavy atom. The molecule has 0 spiro atoms. The molecule has 0 unspecified atom stereocenters. The van der Waals surface area contributed by atoms with E-state index in [1.54, 1.807) is 37.5 Å². The van der Waals surface area contributed by atoms with Gasteiger partial charge in [0.15, 0.2) is 5.78 Å². The Morgan fingerprint density at radius 1 is 1.45 bits per heavy atom. The van der Waals surface area contributed by atoms with Gasteiger partial charge in [-0.3, -0.25) is 4.79 Å². The van der Waals surface area contributed by atoms with E-state index in [0.717, 1.165) is 5.69 Å². The maximum absolute atomic E-state index is 12.4. The number of hydrogen-bond donors (Lipinski definition) is 1.